The number of aromatic amines is 1. The van der Waals surface area contributed by atoms with Gasteiger partial charge in [0.15, 0.2) is 11.2 Å². The van der Waals surface area contributed by atoms with Crippen molar-refractivity contribution in [2.75, 3.05) is 5.73 Å². The number of anilines is 1. The van der Waals surface area contributed by atoms with Gasteiger partial charge in [0, 0.05) is 13.6 Å². The zero-order chi connectivity index (χ0) is 11.9. The molecule has 7 heteroatoms. The molecule has 0 aliphatic heterocycles. The lowest BCUT2D eigenvalue weighted by atomic mass is 10.4. The molecular formula is C9H13N5O2. The third-order valence-electron chi connectivity index (χ3n) is 2.49. The number of nitrogens with two attached hydrogens (primary N) is 1. The van der Waals surface area contributed by atoms with E-state index in [1.54, 1.807) is 7.05 Å². The Bertz CT molecular complexity index is 648. The van der Waals surface area contributed by atoms with E-state index >= 15 is 0 Å². The molecule has 0 fully saturated rings. The molecule has 0 aromatic carbocycles. The molecule has 7 nitrogen and oxygen atoms in total. The molecule has 0 amide bonds. The van der Waals surface area contributed by atoms with Gasteiger partial charge in [-0.05, 0) is 6.42 Å². The Kier molecular flexibility index (Phi) is 2.30. The van der Waals surface area contributed by atoms with Crippen LogP contribution in [0.4, 0.5) is 5.95 Å². The number of aromatic nitrogens is 4. The molecule has 0 aliphatic carbocycles. The van der Waals surface area contributed by atoms with Gasteiger partial charge in [0.1, 0.15) is 0 Å². The molecule has 0 unspecified atom stereocenters. The molecule has 0 atom stereocenters. The minimum atomic E-state index is -0.459. The van der Waals surface area contributed by atoms with E-state index in [1.807, 2.05) is 6.92 Å². The maximum atomic E-state index is 11.6. The predicted molar refractivity (Wildman–Crippen MR) is 60.3 cm³/mol. The van der Waals surface area contributed by atoms with Gasteiger partial charge in [-0.3, -0.25) is 14.3 Å². The van der Waals surface area contributed by atoms with Crippen molar-refractivity contribution in [3.63, 3.8) is 0 Å². The second kappa shape index (κ2) is 3.51. The number of aryl methyl sites for hydroxylation is 2. The Morgan fingerprint density at radius 1 is 1.44 bits per heavy atom. The third kappa shape index (κ3) is 1.32. The molecule has 2 aromatic heterocycles. The van der Waals surface area contributed by atoms with Crippen molar-refractivity contribution in [1.29, 1.82) is 0 Å². The second-order valence-electron chi connectivity index (χ2n) is 3.61. The summed E-state index contributed by atoms with van der Waals surface area (Å²) in [4.78, 5) is 29.5. The van der Waals surface area contributed by atoms with Crippen LogP contribution in [0.5, 0.6) is 0 Å². The topological polar surface area (TPSA) is 98.7 Å². The van der Waals surface area contributed by atoms with Gasteiger partial charge in [0.25, 0.3) is 5.56 Å². The highest BCUT2D eigenvalue weighted by atomic mass is 16.2. The number of hydrogen-bond acceptors (Lipinski definition) is 4. The van der Waals surface area contributed by atoms with Gasteiger partial charge >= 0.3 is 5.69 Å². The van der Waals surface area contributed by atoms with Crippen molar-refractivity contribution < 1.29 is 0 Å². The zero-order valence-corrected chi connectivity index (χ0v) is 9.15. The van der Waals surface area contributed by atoms with Crippen molar-refractivity contribution in [2.45, 2.75) is 19.9 Å². The average Bonchev–Trinajstić information content (AvgIpc) is 2.50. The van der Waals surface area contributed by atoms with Gasteiger partial charge in [-0.15, -0.1) is 0 Å². The van der Waals surface area contributed by atoms with Crippen LogP contribution >= 0.6 is 0 Å². The summed E-state index contributed by atoms with van der Waals surface area (Å²) in [5.41, 5.74) is 5.38. The smallest absolute Gasteiger partial charge is 0.330 e. The van der Waals surface area contributed by atoms with Gasteiger partial charge in [-0.25, -0.2) is 4.79 Å². The summed E-state index contributed by atoms with van der Waals surface area (Å²) >= 11 is 0. The number of hydrogen-bond donors (Lipinski definition) is 2. The third-order valence-corrected chi connectivity index (χ3v) is 2.49. The molecule has 2 aromatic rings. The minimum absolute atomic E-state index is 0.218. The lowest BCUT2D eigenvalue weighted by Crippen LogP contribution is -2.30. The number of rotatable bonds is 2. The first-order valence-electron chi connectivity index (χ1n) is 5.01. The van der Waals surface area contributed by atoms with Crippen LogP contribution in [0.1, 0.15) is 13.3 Å². The minimum Gasteiger partial charge on any atom is -0.369 e. The van der Waals surface area contributed by atoms with E-state index in [9.17, 15) is 9.59 Å². The molecule has 0 radical (unpaired) electrons. The summed E-state index contributed by atoms with van der Waals surface area (Å²) in [7, 11) is 1.64. The van der Waals surface area contributed by atoms with Gasteiger partial charge in [-0.2, -0.15) is 4.98 Å². The largest absolute Gasteiger partial charge is 0.369 e. The molecule has 2 heterocycles. The number of imidazole rings is 1. The predicted octanol–water partition coefficient (Wildman–Crippen LogP) is -0.585. The first-order valence-corrected chi connectivity index (χ1v) is 5.01. The molecule has 0 bridgehead atoms. The Hall–Kier alpha value is -2.05. The Morgan fingerprint density at radius 2 is 2.12 bits per heavy atom. The summed E-state index contributed by atoms with van der Waals surface area (Å²) < 4.78 is 2.90. The quantitative estimate of drug-likeness (QED) is 0.711. The van der Waals surface area contributed by atoms with Gasteiger partial charge in [0.2, 0.25) is 5.95 Å². The van der Waals surface area contributed by atoms with Crippen molar-refractivity contribution in [1.82, 2.24) is 19.1 Å². The summed E-state index contributed by atoms with van der Waals surface area (Å²) in [5.74, 6) is 0.218. The van der Waals surface area contributed by atoms with Crippen LogP contribution < -0.4 is 17.0 Å². The fourth-order valence-electron chi connectivity index (χ4n) is 1.69. The highest BCUT2D eigenvalue weighted by Gasteiger charge is 2.13. The molecule has 0 spiro atoms. The number of nitrogen functional groups attached to an aromatic ring is 1. The van der Waals surface area contributed by atoms with E-state index in [4.69, 9.17) is 5.73 Å². The van der Waals surface area contributed by atoms with E-state index in [0.717, 1.165) is 6.42 Å². The average molecular weight is 223 g/mol. The molecular weight excluding hydrogens is 210 g/mol. The number of H-pyrrole nitrogens is 1. The Balaban J connectivity index is 2.96. The van der Waals surface area contributed by atoms with Crippen LogP contribution in [0.2, 0.25) is 0 Å². The molecule has 3 N–H and O–H groups in total. The second-order valence-corrected chi connectivity index (χ2v) is 3.61. The first-order chi connectivity index (χ1) is 7.56. The fourth-order valence-corrected chi connectivity index (χ4v) is 1.69. The van der Waals surface area contributed by atoms with Crippen LogP contribution in [-0.4, -0.2) is 19.1 Å². The van der Waals surface area contributed by atoms with E-state index in [-0.39, 0.29) is 5.95 Å². The first kappa shape index (κ1) is 10.5. The van der Waals surface area contributed by atoms with E-state index < -0.39 is 11.2 Å². The van der Waals surface area contributed by atoms with Crippen molar-refractivity contribution in [3.8, 4) is 0 Å². The number of nitrogens with zero attached hydrogens (tertiary/aromatic N) is 3. The van der Waals surface area contributed by atoms with Crippen molar-refractivity contribution in [3.05, 3.63) is 20.8 Å². The molecule has 0 saturated carbocycles. The van der Waals surface area contributed by atoms with Gasteiger partial charge in [0.05, 0.1) is 0 Å². The molecule has 16 heavy (non-hydrogen) atoms. The van der Waals surface area contributed by atoms with Crippen molar-refractivity contribution in [2.24, 2.45) is 7.05 Å². The van der Waals surface area contributed by atoms with Crippen molar-refractivity contribution >= 4 is 17.1 Å². The fraction of sp³-hybridized carbons (Fsp3) is 0.444. The van der Waals surface area contributed by atoms with Crippen LogP contribution in [0, 0.1) is 0 Å². The van der Waals surface area contributed by atoms with E-state index in [0.29, 0.717) is 17.7 Å². The summed E-state index contributed by atoms with van der Waals surface area (Å²) in [6.45, 7) is 2.44. The van der Waals surface area contributed by atoms with Gasteiger partial charge in [-0.1, -0.05) is 6.92 Å². The summed E-state index contributed by atoms with van der Waals surface area (Å²) in [6.07, 6.45) is 0.775. The lowest BCUT2D eigenvalue weighted by Gasteiger charge is -2.03. The summed E-state index contributed by atoms with van der Waals surface area (Å²) in [5, 5.41) is 0. The van der Waals surface area contributed by atoms with E-state index in [2.05, 4.69) is 9.97 Å². The molecule has 86 valence electrons. The monoisotopic (exact) mass is 223 g/mol. The maximum absolute atomic E-state index is 11.6. The van der Waals surface area contributed by atoms with E-state index in [1.165, 1.54) is 9.13 Å². The van der Waals surface area contributed by atoms with Crippen LogP contribution in [-0.2, 0) is 13.6 Å². The normalized spacial score (nSPS) is 11.1. The Morgan fingerprint density at radius 3 is 2.75 bits per heavy atom. The standard InChI is InChI=1S/C9H13N5O2/c1-3-4-14-6-5(7(15)12-9(14)16)13(2)8(10)11-6/h3-4H2,1-2H3,(H2,10,11)(H,12,15,16). The number of nitrogens with one attached hydrogen (secondary N) is 1. The molecule has 2 rings (SSSR count). The highest BCUT2D eigenvalue weighted by molar-refractivity contribution is 5.73. The highest BCUT2D eigenvalue weighted by Crippen LogP contribution is 2.10. The van der Waals surface area contributed by atoms with Crippen LogP contribution in [0.25, 0.3) is 11.2 Å². The zero-order valence-electron chi connectivity index (χ0n) is 9.15. The Labute approximate surface area is 90.5 Å². The molecule has 0 saturated heterocycles. The van der Waals surface area contributed by atoms with Crippen LogP contribution in [0.3, 0.4) is 0 Å². The van der Waals surface area contributed by atoms with Crippen LogP contribution in [0.15, 0.2) is 9.59 Å². The van der Waals surface area contributed by atoms with Gasteiger partial charge < -0.3 is 10.3 Å². The molecule has 0 aliphatic rings. The maximum Gasteiger partial charge on any atom is 0.330 e. The summed E-state index contributed by atoms with van der Waals surface area (Å²) in [6, 6.07) is 0. The number of fused-ring (bicyclic) bond motifs is 1. The SMILES string of the molecule is CCCn1c(=O)[nH]c(=O)c2c1nc(N)n2C. The lowest BCUT2D eigenvalue weighted by molar-refractivity contribution is 0.652.